The fourth-order valence-electron chi connectivity index (χ4n) is 5.22. The van der Waals surface area contributed by atoms with Gasteiger partial charge in [-0.2, -0.15) is 28.8 Å². The highest BCUT2D eigenvalue weighted by Gasteiger charge is 2.17. The minimum atomic E-state index is 0. The van der Waals surface area contributed by atoms with Crippen LogP contribution in [0.2, 0.25) is 0 Å². The second-order valence-electron chi connectivity index (χ2n) is 12.1. The van der Waals surface area contributed by atoms with Crippen LogP contribution in [0, 0.1) is 5.41 Å². The summed E-state index contributed by atoms with van der Waals surface area (Å²) >= 11 is 0. The van der Waals surface area contributed by atoms with Crippen LogP contribution in [-0.4, -0.2) is 45.5 Å². The van der Waals surface area contributed by atoms with Gasteiger partial charge in [-0.1, -0.05) is 130 Å². The first-order valence-corrected chi connectivity index (χ1v) is 15.7. The van der Waals surface area contributed by atoms with Crippen molar-refractivity contribution in [2.24, 2.45) is 5.41 Å². The largest absolute Gasteiger partial charge is 0.259 e. The van der Waals surface area contributed by atoms with Crippen LogP contribution in [0.15, 0.2) is 133 Å². The molecule has 3 heterocycles. The van der Waals surface area contributed by atoms with Crippen molar-refractivity contribution < 1.29 is 0 Å². The molecule has 0 aliphatic carbocycles. The number of nitrogens with one attached hydrogen (secondary N) is 3. The van der Waals surface area contributed by atoms with Crippen molar-refractivity contribution in [1.29, 1.82) is 0 Å². The normalized spacial score (nSPS) is 11.3. The quantitative estimate of drug-likeness (QED) is 0.146. The second kappa shape index (κ2) is 15.4. The van der Waals surface area contributed by atoms with Gasteiger partial charge in [0, 0.05) is 33.4 Å². The number of H-pyrrole nitrogens is 3. The van der Waals surface area contributed by atoms with Crippen LogP contribution in [0.1, 0.15) is 27.7 Å². The Balaban J connectivity index is 0.000000415. The summed E-state index contributed by atoms with van der Waals surface area (Å²) in [5, 5.41) is 22.6. The summed E-state index contributed by atoms with van der Waals surface area (Å²) in [4.78, 5) is 14.3. The molecule has 3 N–H and O–H groups in total. The van der Waals surface area contributed by atoms with Crippen molar-refractivity contribution in [2.45, 2.75) is 27.7 Å². The van der Waals surface area contributed by atoms with Gasteiger partial charge in [-0.05, 0) is 36.1 Å². The van der Waals surface area contributed by atoms with Crippen molar-refractivity contribution in [3.63, 3.8) is 0 Å². The Labute approximate surface area is 293 Å². The van der Waals surface area contributed by atoms with E-state index in [-0.39, 0.29) is 18.9 Å². The molecule has 7 aromatic rings. The predicted molar refractivity (Wildman–Crippen MR) is 203 cm³/mol. The van der Waals surface area contributed by atoms with Crippen LogP contribution in [0.25, 0.3) is 68.3 Å². The lowest BCUT2D eigenvalue weighted by atomic mass is 9.86. The molecule has 0 saturated heterocycles. The van der Waals surface area contributed by atoms with Gasteiger partial charge in [0.2, 0.25) is 0 Å². The first kappa shape index (κ1) is 34.5. The van der Waals surface area contributed by atoms with Crippen LogP contribution >= 0.6 is 13.5 Å². The Morgan fingerprint density at radius 1 is 0.531 bits per heavy atom. The van der Waals surface area contributed by atoms with Gasteiger partial charge < -0.3 is 0 Å². The van der Waals surface area contributed by atoms with Crippen molar-refractivity contribution in [3.05, 3.63) is 133 Å². The summed E-state index contributed by atoms with van der Waals surface area (Å²) in [5.41, 5.74) is 6.83. The maximum Gasteiger partial charge on any atom is 0.181 e. The van der Waals surface area contributed by atoms with Gasteiger partial charge in [-0.25, -0.2) is 15.0 Å². The summed E-state index contributed by atoms with van der Waals surface area (Å²) in [6.07, 6.45) is 4.02. The molecule has 246 valence electrons. The molecule has 0 atom stereocenters. The average molecular weight is 666 g/mol. The minimum Gasteiger partial charge on any atom is -0.259 e. The molecular weight excluding hydrogens is 627 g/mol. The zero-order valence-corrected chi connectivity index (χ0v) is 28.9. The van der Waals surface area contributed by atoms with Gasteiger partial charge in [-0.15, -0.1) is 0 Å². The van der Waals surface area contributed by atoms with E-state index in [1.54, 1.807) is 0 Å². The molecule has 0 aliphatic rings. The monoisotopic (exact) mass is 665 g/mol. The van der Waals surface area contributed by atoms with Crippen LogP contribution in [0.3, 0.4) is 0 Å². The molecule has 9 nitrogen and oxygen atoms in total. The maximum absolute atomic E-state index is 4.77. The molecule has 0 fully saturated rings. The molecule has 0 radical (unpaired) electrons. The van der Waals surface area contributed by atoms with Crippen LogP contribution < -0.4 is 0 Å². The number of aromatic amines is 3. The lowest BCUT2D eigenvalue weighted by Gasteiger charge is -2.19. The minimum absolute atomic E-state index is 0. The zero-order chi connectivity index (χ0) is 33.5. The van der Waals surface area contributed by atoms with E-state index in [2.05, 4.69) is 64.0 Å². The van der Waals surface area contributed by atoms with Gasteiger partial charge in [0.25, 0.3) is 0 Å². The maximum atomic E-state index is 4.77. The molecule has 49 heavy (non-hydrogen) atoms. The highest BCUT2D eigenvalue weighted by atomic mass is 32.1. The zero-order valence-electron chi connectivity index (χ0n) is 27.9. The van der Waals surface area contributed by atoms with E-state index in [4.69, 9.17) is 15.0 Å². The Kier molecular flexibility index (Phi) is 10.8. The SMILES string of the molecule is C=C/C(=C\C)C(C)(C)C.S.c1ccc(-c2n[nH]c(-c3cc(-c4n[nH]c(-c5ccccc5)n4)cc(-c4nc(-c5ccccc5)n[nH]4)c3)n2)cc1. The fraction of sp³-hybridized carbons (Fsp3) is 0.128. The van der Waals surface area contributed by atoms with Gasteiger partial charge in [0.1, 0.15) is 0 Å². The lowest BCUT2D eigenvalue weighted by Crippen LogP contribution is -2.06. The molecule has 7 rings (SSSR count). The second-order valence-corrected chi connectivity index (χ2v) is 12.1. The summed E-state index contributed by atoms with van der Waals surface area (Å²) in [5.74, 6) is 3.73. The summed E-state index contributed by atoms with van der Waals surface area (Å²) < 4.78 is 0. The molecule has 3 aromatic heterocycles. The van der Waals surface area contributed by atoms with E-state index in [1.807, 2.05) is 122 Å². The Morgan fingerprint density at radius 2 is 0.878 bits per heavy atom. The predicted octanol–water partition coefficient (Wildman–Crippen LogP) is 9.32. The van der Waals surface area contributed by atoms with Crippen LogP contribution in [0.5, 0.6) is 0 Å². The van der Waals surface area contributed by atoms with Crippen molar-refractivity contribution in [3.8, 4) is 68.3 Å². The van der Waals surface area contributed by atoms with E-state index >= 15 is 0 Å². The fourth-order valence-corrected chi connectivity index (χ4v) is 5.22. The van der Waals surface area contributed by atoms with Crippen molar-refractivity contribution in [2.75, 3.05) is 0 Å². The molecule has 0 aliphatic heterocycles. The number of hydrogen-bond acceptors (Lipinski definition) is 6. The first-order chi connectivity index (χ1) is 23.3. The average Bonchev–Trinajstić information content (AvgIpc) is 3.92. The summed E-state index contributed by atoms with van der Waals surface area (Å²) in [6.45, 7) is 12.3. The van der Waals surface area contributed by atoms with E-state index in [0.29, 0.717) is 34.9 Å². The molecule has 0 unspecified atom stereocenters. The standard InChI is InChI=1S/C30H21N9.C9H16.H2S/c1-4-10-19(11-5-1)25-31-28(37-34-25)22-16-23(29-32-26(35-38-29)20-12-6-2-7-13-20)18-24(17-22)30-33-27(36-39-30)21-14-8-3-9-15-21;1-6-8(7-2)9(3,4)5;/h1-18H,(H,31,34,37)(H,32,35,38)(H,33,36,39);6-7H,1H2,2-5H3;1H2/b;8-7+;. The molecule has 4 aromatic carbocycles. The van der Waals surface area contributed by atoms with Crippen molar-refractivity contribution in [1.82, 2.24) is 45.5 Å². The highest BCUT2D eigenvalue weighted by Crippen LogP contribution is 2.31. The third kappa shape index (κ3) is 8.17. The van der Waals surface area contributed by atoms with E-state index in [0.717, 1.165) is 33.4 Å². The Bertz CT molecular complexity index is 1910. The van der Waals surface area contributed by atoms with Gasteiger partial charge in [0.15, 0.2) is 34.9 Å². The number of aromatic nitrogens is 9. The van der Waals surface area contributed by atoms with Gasteiger partial charge in [-0.3, -0.25) is 15.3 Å². The van der Waals surface area contributed by atoms with Crippen LogP contribution in [-0.2, 0) is 0 Å². The summed E-state index contributed by atoms with van der Waals surface area (Å²) in [7, 11) is 0. The number of rotatable bonds is 7. The molecular formula is C39H39N9S. The number of allylic oxidation sites excluding steroid dienone is 3. The van der Waals surface area contributed by atoms with E-state index < -0.39 is 0 Å². The third-order valence-electron chi connectivity index (χ3n) is 7.70. The smallest absolute Gasteiger partial charge is 0.181 e. The topological polar surface area (TPSA) is 125 Å². The molecule has 0 bridgehead atoms. The third-order valence-corrected chi connectivity index (χ3v) is 7.70. The first-order valence-electron chi connectivity index (χ1n) is 15.7. The molecule has 0 spiro atoms. The highest BCUT2D eigenvalue weighted by molar-refractivity contribution is 7.59. The van der Waals surface area contributed by atoms with E-state index in [9.17, 15) is 0 Å². The summed E-state index contributed by atoms with van der Waals surface area (Å²) in [6, 6.07) is 35.6. The lowest BCUT2D eigenvalue weighted by molar-refractivity contribution is 0.516. The molecule has 0 saturated carbocycles. The Morgan fingerprint density at radius 3 is 1.22 bits per heavy atom. The van der Waals surface area contributed by atoms with Gasteiger partial charge in [0.05, 0.1) is 0 Å². The van der Waals surface area contributed by atoms with E-state index in [1.165, 1.54) is 5.57 Å². The number of benzene rings is 4. The molecule has 10 heteroatoms. The van der Waals surface area contributed by atoms with Gasteiger partial charge >= 0.3 is 0 Å². The number of hydrogen-bond donors (Lipinski definition) is 3. The molecule has 0 amide bonds. The Hall–Kier alpha value is -5.87. The van der Waals surface area contributed by atoms with Crippen molar-refractivity contribution >= 4 is 13.5 Å². The van der Waals surface area contributed by atoms with Crippen LogP contribution in [0.4, 0.5) is 0 Å². The number of nitrogens with zero attached hydrogens (tertiary/aromatic N) is 6.